The fourth-order valence-corrected chi connectivity index (χ4v) is 3.46. The van der Waals surface area contributed by atoms with Crippen LogP contribution in [0.25, 0.3) is 0 Å². The molecule has 0 bridgehead atoms. The summed E-state index contributed by atoms with van der Waals surface area (Å²) in [6.07, 6.45) is 3.61. The summed E-state index contributed by atoms with van der Waals surface area (Å²) in [5.41, 5.74) is 1.27. The largest absolute Gasteiger partial charge is 0.492 e. The number of nitrogens with zero attached hydrogens (tertiary/aromatic N) is 2. The fraction of sp³-hybridized carbons (Fsp3) is 0.600. The Morgan fingerprint density at radius 2 is 2.12 bits per heavy atom. The first-order valence-electron chi connectivity index (χ1n) is 9.42. The van der Waals surface area contributed by atoms with Crippen molar-refractivity contribution in [3.63, 3.8) is 0 Å². The summed E-state index contributed by atoms with van der Waals surface area (Å²) in [4.78, 5) is 26.6. The number of hydrogen-bond acceptors (Lipinski definition) is 4. The molecule has 2 rings (SSSR count). The van der Waals surface area contributed by atoms with E-state index in [0.717, 1.165) is 51.1 Å². The Bertz CT molecular complexity index is 605. The van der Waals surface area contributed by atoms with Gasteiger partial charge in [0.1, 0.15) is 18.9 Å². The predicted molar refractivity (Wildman–Crippen MR) is 100 cm³/mol. The van der Waals surface area contributed by atoms with Crippen molar-refractivity contribution in [3.8, 4) is 5.75 Å². The van der Waals surface area contributed by atoms with Crippen LogP contribution in [0.2, 0.25) is 0 Å². The summed E-state index contributed by atoms with van der Waals surface area (Å²) in [6.45, 7) is 6.63. The Kier molecular flexibility index (Phi) is 7.91. The van der Waals surface area contributed by atoms with E-state index in [-0.39, 0.29) is 18.5 Å². The zero-order valence-electron chi connectivity index (χ0n) is 15.8. The minimum Gasteiger partial charge on any atom is -0.492 e. The number of hydrogen-bond donors (Lipinski definition) is 1. The molecule has 1 aliphatic rings. The van der Waals surface area contributed by atoms with Crippen molar-refractivity contribution in [2.75, 3.05) is 32.8 Å². The number of aliphatic carboxylic acids is 1. The second-order valence-corrected chi connectivity index (χ2v) is 6.82. The van der Waals surface area contributed by atoms with Gasteiger partial charge in [-0.3, -0.25) is 14.5 Å². The van der Waals surface area contributed by atoms with Gasteiger partial charge in [0.05, 0.1) is 0 Å². The summed E-state index contributed by atoms with van der Waals surface area (Å²) in [5.74, 6) is -0.213. The van der Waals surface area contributed by atoms with Crippen LogP contribution in [0.1, 0.15) is 38.7 Å². The van der Waals surface area contributed by atoms with Crippen molar-refractivity contribution in [1.82, 2.24) is 9.80 Å². The first kappa shape index (κ1) is 20.2. The Labute approximate surface area is 155 Å². The van der Waals surface area contributed by atoms with Gasteiger partial charge in [0, 0.05) is 26.1 Å². The third kappa shape index (κ3) is 6.33. The van der Waals surface area contributed by atoms with Crippen molar-refractivity contribution in [2.45, 2.75) is 45.6 Å². The van der Waals surface area contributed by atoms with Crippen molar-refractivity contribution >= 4 is 11.9 Å². The smallest absolute Gasteiger partial charge is 0.323 e. The van der Waals surface area contributed by atoms with E-state index in [2.05, 4.69) is 24.0 Å². The van der Waals surface area contributed by atoms with Crippen LogP contribution in [0.15, 0.2) is 24.3 Å². The number of aryl methyl sites for hydroxylation is 1. The maximum absolute atomic E-state index is 11.8. The molecule has 0 unspecified atom stereocenters. The summed E-state index contributed by atoms with van der Waals surface area (Å²) in [7, 11) is 0. The molecule has 1 fully saturated rings. The molecule has 1 aromatic carbocycles. The standard InChI is InChI=1S/C20H30N2O4/c1-3-17-6-4-8-19(14-17)26-13-12-21-10-5-7-18(9-11-21)22(16(2)23)15-20(24)25/h4,6,8,14,18H,3,5,7,9-13,15H2,1-2H3,(H,24,25)/t18-/m0/s1. The Balaban J connectivity index is 1.80. The molecule has 0 aromatic heterocycles. The zero-order chi connectivity index (χ0) is 18.9. The molecule has 144 valence electrons. The van der Waals surface area contributed by atoms with Gasteiger partial charge >= 0.3 is 5.97 Å². The molecular formula is C20H30N2O4. The minimum absolute atomic E-state index is 0.00996. The molecule has 6 heteroatoms. The summed E-state index contributed by atoms with van der Waals surface area (Å²) >= 11 is 0. The van der Waals surface area contributed by atoms with E-state index in [0.29, 0.717) is 6.61 Å². The van der Waals surface area contributed by atoms with Gasteiger partial charge in [-0.25, -0.2) is 0 Å². The van der Waals surface area contributed by atoms with E-state index in [4.69, 9.17) is 9.84 Å². The summed E-state index contributed by atoms with van der Waals surface area (Å²) in [5, 5.41) is 9.03. The highest BCUT2D eigenvalue weighted by Gasteiger charge is 2.25. The highest BCUT2D eigenvalue weighted by Crippen LogP contribution is 2.18. The van der Waals surface area contributed by atoms with Crippen LogP contribution in [0.3, 0.4) is 0 Å². The van der Waals surface area contributed by atoms with Crippen LogP contribution in [0, 0.1) is 0 Å². The molecule has 26 heavy (non-hydrogen) atoms. The number of carboxylic acids is 1. The Morgan fingerprint density at radius 1 is 1.31 bits per heavy atom. The van der Waals surface area contributed by atoms with E-state index in [1.54, 1.807) is 0 Å². The van der Waals surface area contributed by atoms with Gasteiger partial charge in [0.2, 0.25) is 5.91 Å². The van der Waals surface area contributed by atoms with E-state index in [9.17, 15) is 9.59 Å². The van der Waals surface area contributed by atoms with Crippen LogP contribution in [-0.4, -0.2) is 65.6 Å². The number of carboxylic acid groups (broad SMARTS) is 1. The van der Waals surface area contributed by atoms with Gasteiger partial charge in [-0.1, -0.05) is 19.1 Å². The molecule has 1 saturated heterocycles. The van der Waals surface area contributed by atoms with Gasteiger partial charge in [-0.15, -0.1) is 0 Å². The molecule has 1 atom stereocenters. The lowest BCUT2D eigenvalue weighted by atomic mass is 10.1. The van der Waals surface area contributed by atoms with E-state index in [1.165, 1.54) is 17.4 Å². The number of ether oxygens (including phenoxy) is 1. The van der Waals surface area contributed by atoms with Crippen LogP contribution in [-0.2, 0) is 16.0 Å². The average molecular weight is 362 g/mol. The Morgan fingerprint density at radius 3 is 2.81 bits per heavy atom. The van der Waals surface area contributed by atoms with Gasteiger partial charge in [0.25, 0.3) is 0 Å². The molecule has 0 spiro atoms. The first-order valence-corrected chi connectivity index (χ1v) is 9.42. The molecule has 0 saturated carbocycles. The molecule has 1 aromatic rings. The zero-order valence-corrected chi connectivity index (χ0v) is 15.8. The fourth-order valence-electron chi connectivity index (χ4n) is 3.46. The van der Waals surface area contributed by atoms with Crippen LogP contribution in [0.5, 0.6) is 5.75 Å². The summed E-state index contributed by atoms with van der Waals surface area (Å²) < 4.78 is 5.87. The first-order chi connectivity index (χ1) is 12.5. The van der Waals surface area contributed by atoms with E-state index < -0.39 is 5.97 Å². The maximum atomic E-state index is 11.8. The maximum Gasteiger partial charge on any atom is 0.323 e. The molecule has 1 aliphatic heterocycles. The number of amides is 1. The third-order valence-corrected chi connectivity index (χ3v) is 4.92. The van der Waals surface area contributed by atoms with Crippen LogP contribution >= 0.6 is 0 Å². The van der Waals surface area contributed by atoms with E-state index >= 15 is 0 Å². The number of carbonyl (C=O) groups is 2. The highest BCUT2D eigenvalue weighted by molar-refractivity contribution is 5.79. The van der Waals surface area contributed by atoms with Gasteiger partial charge < -0.3 is 14.7 Å². The number of likely N-dealkylation sites (tertiary alicyclic amines) is 1. The summed E-state index contributed by atoms with van der Waals surface area (Å²) in [6, 6.07) is 8.18. The highest BCUT2D eigenvalue weighted by atomic mass is 16.5. The molecular weight excluding hydrogens is 332 g/mol. The van der Waals surface area contributed by atoms with Gasteiger partial charge in [-0.05, 0) is 49.9 Å². The second-order valence-electron chi connectivity index (χ2n) is 6.82. The monoisotopic (exact) mass is 362 g/mol. The van der Waals surface area contributed by atoms with Gasteiger partial charge in [-0.2, -0.15) is 0 Å². The van der Waals surface area contributed by atoms with Crippen LogP contribution in [0.4, 0.5) is 0 Å². The molecule has 6 nitrogen and oxygen atoms in total. The lowest BCUT2D eigenvalue weighted by Crippen LogP contribution is -2.42. The SMILES string of the molecule is CCc1cccc(OCCN2CCC[C@H](N(CC(=O)O)C(C)=O)CC2)c1. The van der Waals surface area contributed by atoms with E-state index in [1.807, 2.05) is 12.1 Å². The quantitative estimate of drug-likeness (QED) is 0.769. The molecule has 0 radical (unpaired) electrons. The lowest BCUT2D eigenvalue weighted by Gasteiger charge is -2.29. The minimum atomic E-state index is -0.955. The van der Waals surface area contributed by atoms with Crippen molar-refractivity contribution in [3.05, 3.63) is 29.8 Å². The normalized spacial score (nSPS) is 18.2. The predicted octanol–water partition coefficient (Wildman–Crippen LogP) is 2.42. The molecule has 1 N–H and O–H groups in total. The van der Waals surface area contributed by atoms with Gasteiger partial charge in [0.15, 0.2) is 0 Å². The third-order valence-electron chi connectivity index (χ3n) is 4.92. The average Bonchev–Trinajstić information content (AvgIpc) is 2.85. The molecule has 0 aliphatic carbocycles. The number of carbonyl (C=O) groups excluding carboxylic acids is 1. The van der Waals surface area contributed by atoms with Crippen molar-refractivity contribution in [1.29, 1.82) is 0 Å². The lowest BCUT2D eigenvalue weighted by molar-refractivity contribution is -0.145. The topological polar surface area (TPSA) is 70.1 Å². The molecule has 1 heterocycles. The molecule has 1 amide bonds. The number of benzene rings is 1. The van der Waals surface area contributed by atoms with Crippen molar-refractivity contribution in [2.24, 2.45) is 0 Å². The Hall–Kier alpha value is -2.08. The van der Waals surface area contributed by atoms with Crippen LogP contribution < -0.4 is 4.74 Å². The second kappa shape index (κ2) is 10.2. The number of rotatable bonds is 8. The van der Waals surface area contributed by atoms with Crippen molar-refractivity contribution < 1.29 is 19.4 Å².